The number of para-hydroxylation sites is 2. The highest BCUT2D eigenvalue weighted by atomic mass is 32.2. The molecule has 0 aliphatic rings. The first-order valence-corrected chi connectivity index (χ1v) is 8.69. The van der Waals surface area contributed by atoms with Gasteiger partial charge in [-0.25, -0.2) is 4.98 Å². The molecule has 6 heteroatoms. The molecule has 2 aromatic carbocycles. The number of hydrogen-bond donors (Lipinski definition) is 0. The number of thioether (sulfide) groups is 1. The summed E-state index contributed by atoms with van der Waals surface area (Å²) in [5.74, 6) is 2.23. The van der Waals surface area contributed by atoms with Crippen LogP contribution < -0.4 is 0 Å². The summed E-state index contributed by atoms with van der Waals surface area (Å²) in [6, 6.07) is 18.1. The Morgan fingerprint density at radius 1 is 1.00 bits per heavy atom. The Hall–Kier alpha value is -2.60. The van der Waals surface area contributed by atoms with E-state index < -0.39 is 0 Å². The molecule has 4 rings (SSSR count). The minimum Gasteiger partial charge on any atom is -0.440 e. The lowest BCUT2D eigenvalue weighted by Crippen LogP contribution is -2.03. The van der Waals surface area contributed by atoms with Crippen LogP contribution in [0.15, 0.2) is 64.2 Å². The molecule has 0 radical (unpaired) electrons. The molecule has 120 valence electrons. The number of benzene rings is 2. The third-order valence-corrected chi connectivity index (χ3v) is 4.70. The van der Waals surface area contributed by atoms with E-state index in [1.165, 1.54) is 5.56 Å². The van der Waals surface area contributed by atoms with Gasteiger partial charge in [-0.3, -0.25) is 0 Å². The lowest BCUT2D eigenvalue weighted by atomic mass is 10.2. The van der Waals surface area contributed by atoms with Crippen LogP contribution in [0.1, 0.15) is 17.3 Å². The monoisotopic (exact) mass is 336 g/mol. The second kappa shape index (κ2) is 6.49. The zero-order valence-electron chi connectivity index (χ0n) is 13.2. The smallest absolute Gasteiger partial charge is 0.205 e. The van der Waals surface area contributed by atoms with E-state index in [0.29, 0.717) is 11.6 Å². The first-order chi connectivity index (χ1) is 11.8. The van der Waals surface area contributed by atoms with Gasteiger partial charge in [-0.15, -0.1) is 10.2 Å². The molecule has 0 saturated heterocycles. The van der Waals surface area contributed by atoms with Crippen LogP contribution in [-0.4, -0.2) is 19.7 Å². The van der Waals surface area contributed by atoms with Gasteiger partial charge in [0.15, 0.2) is 10.7 Å². The molecular weight excluding hydrogens is 320 g/mol. The van der Waals surface area contributed by atoms with Crippen molar-refractivity contribution in [3.8, 4) is 0 Å². The summed E-state index contributed by atoms with van der Waals surface area (Å²) in [6.45, 7) is 2.73. The average molecular weight is 336 g/mol. The van der Waals surface area contributed by atoms with E-state index in [-0.39, 0.29) is 0 Å². The van der Waals surface area contributed by atoms with E-state index in [4.69, 9.17) is 4.42 Å². The lowest BCUT2D eigenvalue weighted by molar-refractivity contribution is 0.555. The van der Waals surface area contributed by atoms with Crippen LogP contribution in [-0.2, 0) is 12.3 Å². The highest BCUT2D eigenvalue weighted by Crippen LogP contribution is 2.24. The number of nitrogens with zero attached hydrogens (tertiary/aromatic N) is 4. The van der Waals surface area contributed by atoms with Gasteiger partial charge in [0.05, 0.1) is 12.3 Å². The fourth-order valence-corrected chi connectivity index (χ4v) is 3.35. The van der Waals surface area contributed by atoms with Crippen LogP contribution in [0.5, 0.6) is 0 Å². The van der Waals surface area contributed by atoms with Crippen molar-refractivity contribution in [2.45, 2.75) is 24.4 Å². The fourth-order valence-electron chi connectivity index (χ4n) is 2.52. The van der Waals surface area contributed by atoms with Crippen molar-refractivity contribution in [2.24, 2.45) is 0 Å². The van der Waals surface area contributed by atoms with Gasteiger partial charge < -0.3 is 8.98 Å². The van der Waals surface area contributed by atoms with E-state index in [1.807, 2.05) is 49.4 Å². The molecular formula is C18H16N4OS. The van der Waals surface area contributed by atoms with Crippen molar-refractivity contribution >= 4 is 22.9 Å². The maximum absolute atomic E-state index is 5.77. The predicted octanol–water partition coefficient (Wildman–Crippen LogP) is 4.07. The highest BCUT2D eigenvalue weighted by Gasteiger charge is 2.12. The van der Waals surface area contributed by atoms with Crippen molar-refractivity contribution in [3.05, 3.63) is 71.9 Å². The fraction of sp³-hybridized carbons (Fsp3) is 0.167. The molecule has 0 aliphatic heterocycles. The van der Waals surface area contributed by atoms with Gasteiger partial charge in [-0.1, -0.05) is 54.2 Å². The predicted molar refractivity (Wildman–Crippen MR) is 93.9 cm³/mol. The molecule has 0 spiro atoms. The zero-order valence-corrected chi connectivity index (χ0v) is 14.0. The lowest BCUT2D eigenvalue weighted by Gasteiger charge is -2.07. The molecule has 4 aromatic rings. The summed E-state index contributed by atoms with van der Waals surface area (Å²) < 4.78 is 7.88. The molecule has 0 N–H and O–H groups in total. The second-order valence-electron chi connectivity index (χ2n) is 5.47. The normalized spacial score (nSPS) is 11.2. The Labute approximate surface area is 143 Å². The van der Waals surface area contributed by atoms with Crippen molar-refractivity contribution in [1.82, 2.24) is 19.7 Å². The van der Waals surface area contributed by atoms with Crippen molar-refractivity contribution in [2.75, 3.05) is 0 Å². The van der Waals surface area contributed by atoms with Gasteiger partial charge in [0.2, 0.25) is 5.89 Å². The van der Waals surface area contributed by atoms with Gasteiger partial charge in [0, 0.05) is 0 Å². The maximum Gasteiger partial charge on any atom is 0.205 e. The molecule has 0 unspecified atom stereocenters. The van der Waals surface area contributed by atoms with Crippen molar-refractivity contribution < 1.29 is 4.42 Å². The molecule has 5 nitrogen and oxygen atoms in total. The third-order valence-electron chi connectivity index (χ3n) is 3.75. The number of aryl methyl sites for hydroxylation is 1. The first-order valence-electron chi connectivity index (χ1n) is 7.70. The molecule has 0 amide bonds. The van der Waals surface area contributed by atoms with Crippen molar-refractivity contribution in [1.29, 1.82) is 0 Å². The molecule has 2 aromatic heterocycles. The van der Waals surface area contributed by atoms with Gasteiger partial charge in [-0.05, 0) is 24.6 Å². The van der Waals surface area contributed by atoms with Gasteiger partial charge >= 0.3 is 0 Å². The van der Waals surface area contributed by atoms with Crippen LogP contribution in [0.3, 0.4) is 0 Å². The maximum atomic E-state index is 5.77. The Bertz CT molecular complexity index is 928. The number of rotatable bonds is 5. The van der Waals surface area contributed by atoms with E-state index in [1.54, 1.807) is 11.8 Å². The second-order valence-corrected chi connectivity index (χ2v) is 6.41. The Balaban J connectivity index is 1.52. The molecule has 0 bridgehead atoms. The number of fused-ring (bicyclic) bond motifs is 1. The minimum absolute atomic E-state index is 0.627. The van der Waals surface area contributed by atoms with E-state index in [9.17, 15) is 0 Å². The van der Waals surface area contributed by atoms with Gasteiger partial charge in [0.1, 0.15) is 11.3 Å². The Morgan fingerprint density at radius 3 is 2.62 bits per heavy atom. The van der Waals surface area contributed by atoms with Crippen LogP contribution in [0.25, 0.3) is 11.1 Å². The summed E-state index contributed by atoms with van der Waals surface area (Å²) in [7, 11) is 0. The van der Waals surface area contributed by atoms with E-state index in [0.717, 1.165) is 28.6 Å². The van der Waals surface area contributed by atoms with Crippen LogP contribution in [0, 0.1) is 6.92 Å². The first kappa shape index (κ1) is 15.0. The van der Waals surface area contributed by atoms with Crippen LogP contribution >= 0.6 is 11.8 Å². The Kier molecular flexibility index (Phi) is 4.04. The average Bonchev–Trinajstić information content (AvgIpc) is 3.18. The minimum atomic E-state index is 0.627. The molecule has 0 aliphatic carbocycles. The Morgan fingerprint density at radius 2 is 1.79 bits per heavy atom. The summed E-state index contributed by atoms with van der Waals surface area (Å²) in [4.78, 5) is 4.50. The van der Waals surface area contributed by atoms with Gasteiger partial charge in [-0.2, -0.15) is 0 Å². The number of oxazole rings is 1. The molecule has 0 saturated carbocycles. The van der Waals surface area contributed by atoms with Gasteiger partial charge in [0.25, 0.3) is 0 Å². The number of aromatic nitrogens is 4. The summed E-state index contributed by atoms with van der Waals surface area (Å²) >= 11 is 1.59. The van der Waals surface area contributed by atoms with Crippen LogP contribution in [0.2, 0.25) is 0 Å². The van der Waals surface area contributed by atoms with Crippen LogP contribution in [0.4, 0.5) is 0 Å². The summed E-state index contributed by atoms with van der Waals surface area (Å²) in [6.07, 6.45) is 0. The standard InChI is InChI=1S/C18H16N4OS/c1-13-20-21-18(22(13)11-14-7-3-2-4-8-14)24-12-17-19-15-9-5-6-10-16(15)23-17/h2-10H,11-12H2,1H3. The topological polar surface area (TPSA) is 56.7 Å². The number of hydrogen-bond acceptors (Lipinski definition) is 5. The zero-order chi connectivity index (χ0) is 16.4. The molecule has 24 heavy (non-hydrogen) atoms. The summed E-state index contributed by atoms with van der Waals surface area (Å²) in [5, 5.41) is 9.37. The van der Waals surface area contributed by atoms with E-state index in [2.05, 4.69) is 31.9 Å². The molecule has 0 fully saturated rings. The summed E-state index contributed by atoms with van der Waals surface area (Å²) in [5.41, 5.74) is 2.93. The van der Waals surface area contributed by atoms with E-state index >= 15 is 0 Å². The quantitative estimate of drug-likeness (QED) is 0.514. The SMILES string of the molecule is Cc1nnc(SCc2nc3ccccc3o2)n1Cc1ccccc1. The molecule has 2 heterocycles. The highest BCUT2D eigenvalue weighted by molar-refractivity contribution is 7.98. The largest absolute Gasteiger partial charge is 0.440 e. The third kappa shape index (κ3) is 3.05. The van der Waals surface area contributed by atoms with Crippen molar-refractivity contribution in [3.63, 3.8) is 0 Å². The molecule has 0 atom stereocenters.